The number of rotatable bonds is 5. The van der Waals surface area contributed by atoms with E-state index in [0.717, 1.165) is 17.0 Å². The minimum Gasteiger partial charge on any atom is -0.480 e. The van der Waals surface area contributed by atoms with Crippen molar-refractivity contribution in [3.05, 3.63) is 0 Å². The topological polar surface area (TPSA) is 104 Å². The maximum absolute atomic E-state index is 11.5. The van der Waals surface area contributed by atoms with Crippen molar-refractivity contribution >= 4 is 21.9 Å². The summed E-state index contributed by atoms with van der Waals surface area (Å²) in [7, 11) is -2.17. The number of hydrogen-bond donors (Lipinski definition) is 2. The lowest BCUT2D eigenvalue weighted by atomic mass is 9.77. The molecule has 17 heavy (non-hydrogen) atoms. The van der Waals surface area contributed by atoms with Gasteiger partial charge in [0.1, 0.15) is 5.54 Å². The summed E-state index contributed by atoms with van der Waals surface area (Å²) in [5, 5.41) is 11.4. The number of sulfonamides is 1. The zero-order valence-corrected chi connectivity index (χ0v) is 10.6. The lowest BCUT2D eigenvalue weighted by Gasteiger charge is -2.38. The van der Waals surface area contributed by atoms with Crippen molar-refractivity contribution in [3.63, 3.8) is 0 Å². The number of amides is 1. The van der Waals surface area contributed by atoms with Crippen LogP contribution in [-0.2, 0) is 19.6 Å². The second kappa shape index (κ2) is 4.61. The molecular formula is C9H16N2O5S. The first-order valence-corrected chi connectivity index (χ1v) is 6.98. The molecule has 0 radical (unpaired) electrons. The lowest BCUT2D eigenvalue weighted by Crippen LogP contribution is -2.60. The van der Waals surface area contributed by atoms with Gasteiger partial charge in [0, 0.05) is 7.05 Å². The normalized spacial score (nSPS) is 18.5. The van der Waals surface area contributed by atoms with Crippen molar-refractivity contribution in [2.75, 3.05) is 19.8 Å². The van der Waals surface area contributed by atoms with Crippen LogP contribution in [0.5, 0.6) is 0 Å². The molecule has 1 saturated carbocycles. The van der Waals surface area contributed by atoms with Crippen LogP contribution < -0.4 is 5.32 Å². The second-order valence-electron chi connectivity index (χ2n) is 4.31. The summed E-state index contributed by atoms with van der Waals surface area (Å²) < 4.78 is 23.0. The van der Waals surface area contributed by atoms with Crippen molar-refractivity contribution in [2.45, 2.75) is 24.8 Å². The molecule has 0 unspecified atom stereocenters. The Morgan fingerprint density at radius 1 is 1.41 bits per heavy atom. The van der Waals surface area contributed by atoms with Crippen LogP contribution in [0.2, 0.25) is 0 Å². The van der Waals surface area contributed by atoms with Crippen molar-refractivity contribution in [3.8, 4) is 0 Å². The van der Waals surface area contributed by atoms with Crippen molar-refractivity contribution in [2.24, 2.45) is 0 Å². The van der Waals surface area contributed by atoms with Crippen LogP contribution in [0.4, 0.5) is 0 Å². The second-order valence-corrected chi connectivity index (χ2v) is 6.40. The van der Waals surface area contributed by atoms with Crippen LogP contribution in [0.3, 0.4) is 0 Å². The van der Waals surface area contributed by atoms with Gasteiger partial charge in [0.05, 0.1) is 12.8 Å². The summed E-state index contributed by atoms with van der Waals surface area (Å²) >= 11 is 0. The molecule has 98 valence electrons. The average molecular weight is 264 g/mol. The number of nitrogens with one attached hydrogen (secondary N) is 1. The van der Waals surface area contributed by atoms with E-state index in [1.165, 1.54) is 7.05 Å². The summed E-state index contributed by atoms with van der Waals surface area (Å²) in [6.07, 6.45) is 2.50. The molecule has 1 aliphatic rings. The molecule has 0 atom stereocenters. The molecule has 0 aromatic carbocycles. The maximum atomic E-state index is 11.5. The van der Waals surface area contributed by atoms with Gasteiger partial charge in [0.15, 0.2) is 0 Å². The Bertz CT molecular complexity index is 427. The average Bonchev–Trinajstić information content (AvgIpc) is 2.08. The van der Waals surface area contributed by atoms with Gasteiger partial charge in [-0.05, 0) is 19.3 Å². The van der Waals surface area contributed by atoms with E-state index in [0.29, 0.717) is 12.8 Å². The number of carboxylic acid groups (broad SMARTS) is 1. The summed E-state index contributed by atoms with van der Waals surface area (Å²) in [6.45, 7) is -0.367. The van der Waals surface area contributed by atoms with Gasteiger partial charge in [-0.3, -0.25) is 4.79 Å². The molecule has 0 heterocycles. The van der Waals surface area contributed by atoms with Gasteiger partial charge in [0.2, 0.25) is 15.9 Å². The Labute approximate surface area is 99.8 Å². The third-order valence-corrected chi connectivity index (χ3v) is 4.19. The molecule has 2 N–H and O–H groups in total. The highest BCUT2D eigenvalue weighted by Crippen LogP contribution is 2.31. The fourth-order valence-corrected chi connectivity index (χ4v) is 1.90. The van der Waals surface area contributed by atoms with Gasteiger partial charge >= 0.3 is 5.97 Å². The Hall–Kier alpha value is -1.15. The van der Waals surface area contributed by atoms with Gasteiger partial charge in [-0.1, -0.05) is 0 Å². The molecule has 0 saturated heterocycles. The molecule has 0 spiro atoms. The van der Waals surface area contributed by atoms with Crippen LogP contribution in [0.25, 0.3) is 0 Å². The molecule has 1 amide bonds. The number of carboxylic acids is 1. The first-order valence-electron chi connectivity index (χ1n) is 5.13. The monoisotopic (exact) mass is 264 g/mol. The first-order chi connectivity index (χ1) is 7.67. The Morgan fingerprint density at radius 2 is 1.94 bits per heavy atom. The van der Waals surface area contributed by atoms with E-state index in [2.05, 4.69) is 5.32 Å². The van der Waals surface area contributed by atoms with Gasteiger partial charge in [0.25, 0.3) is 0 Å². The van der Waals surface area contributed by atoms with E-state index in [1.807, 2.05) is 0 Å². The molecule has 0 bridgehead atoms. The smallest absolute Gasteiger partial charge is 0.329 e. The summed E-state index contributed by atoms with van der Waals surface area (Å²) in [5.74, 6) is -1.67. The highest BCUT2D eigenvalue weighted by Gasteiger charge is 2.45. The number of likely N-dealkylation sites (N-methyl/N-ethyl adjacent to an activating group) is 1. The van der Waals surface area contributed by atoms with Crippen molar-refractivity contribution in [1.82, 2.24) is 9.62 Å². The van der Waals surface area contributed by atoms with Crippen molar-refractivity contribution < 1.29 is 23.1 Å². The minimum atomic E-state index is -3.44. The molecule has 7 nitrogen and oxygen atoms in total. The van der Waals surface area contributed by atoms with E-state index in [-0.39, 0.29) is 6.54 Å². The largest absolute Gasteiger partial charge is 0.480 e. The van der Waals surface area contributed by atoms with Crippen LogP contribution >= 0.6 is 0 Å². The van der Waals surface area contributed by atoms with Gasteiger partial charge < -0.3 is 10.4 Å². The molecule has 0 aliphatic heterocycles. The third kappa shape index (κ3) is 3.16. The summed E-state index contributed by atoms with van der Waals surface area (Å²) in [6, 6.07) is 0. The van der Waals surface area contributed by atoms with Crippen LogP contribution in [-0.4, -0.2) is 55.1 Å². The predicted molar refractivity (Wildman–Crippen MR) is 59.8 cm³/mol. The lowest BCUT2D eigenvalue weighted by molar-refractivity contribution is -0.151. The standard InChI is InChI=1S/C9H16N2O5S/c1-11(17(2,15)16)6-7(12)10-9(8(13)14)4-3-5-9/h3-6H2,1-2H3,(H,10,12)(H,13,14). The quantitative estimate of drug-likeness (QED) is 0.663. The summed E-state index contributed by atoms with van der Waals surface area (Å²) in [5.41, 5.74) is -1.20. The van der Waals surface area contributed by atoms with E-state index < -0.39 is 27.4 Å². The van der Waals surface area contributed by atoms with E-state index >= 15 is 0 Å². The fraction of sp³-hybridized carbons (Fsp3) is 0.778. The number of hydrogen-bond acceptors (Lipinski definition) is 4. The molecule has 8 heteroatoms. The summed E-state index contributed by atoms with van der Waals surface area (Å²) in [4.78, 5) is 22.5. The minimum absolute atomic E-state index is 0.367. The zero-order chi connectivity index (χ0) is 13.3. The van der Waals surface area contributed by atoms with E-state index in [9.17, 15) is 18.0 Å². The van der Waals surface area contributed by atoms with Gasteiger partial charge in [-0.2, -0.15) is 4.31 Å². The number of aliphatic carboxylic acids is 1. The highest BCUT2D eigenvalue weighted by molar-refractivity contribution is 7.88. The number of carbonyl (C=O) groups is 2. The predicted octanol–water partition coefficient (Wildman–Crippen LogP) is -0.999. The molecule has 1 rings (SSSR count). The zero-order valence-electron chi connectivity index (χ0n) is 9.76. The SMILES string of the molecule is CN(CC(=O)NC1(C(=O)O)CCC1)S(C)(=O)=O. The third-order valence-electron chi connectivity index (χ3n) is 2.93. The van der Waals surface area contributed by atoms with Crippen LogP contribution in [0.1, 0.15) is 19.3 Å². The van der Waals surface area contributed by atoms with Gasteiger partial charge in [-0.25, -0.2) is 13.2 Å². The Morgan fingerprint density at radius 3 is 2.24 bits per heavy atom. The van der Waals surface area contributed by atoms with Crippen molar-refractivity contribution in [1.29, 1.82) is 0 Å². The van der Waals surface area contributed by atoms with E-state index in [4.69, 9.17) is 5.11 Å². The molecule has 0 aromatic heterocycles. The van der Waals surface area contributed by atoms with Crippen LogP contribution in [0.15, 0.2) is 0 Å². The molecule has 1 aliphatic carbocycles. The number of carbonyl (C=O) groups excluding carboxylic acids is 1. The Kier molecular flexibility index (Phi) is 3.78. The van der Waals surface area contributed by atoms with Gasteiger partial charge in [-0.15, -0.1) is 0 Å². The molecular weight excluding hydrogens is 248 g/mol. The molecule has 1 fully saturated rings. The number of nitrogens with zero attached hydrogens (tertiary/aromatic N) is 1. The first kappa shape index (κ1) is 13.9. The maximum Gasteiger partial charge on any atom is 0.329 e. The molecule has 0 aromatic rings. The highest BCUT2D eigenvalue weighted by atomic mass is 32.2. The van der Waals surface area contributed by atoms with E-state index in [1.54, 1.807) is 0 Å². The van der Waals surface area contributed by atoms with Crippen LogP contribution in [0, 0.1) is 0 Å². The Balaban J connectivity index is 2.59. The fourth-order valence-electron chi connectivity index (χ4n) is 1.55.